The molecule has 1 heterocycles. The number of carbonyl (C=O) groups is 1. The van der Waals surface area contributed by atoms with E-state index in [-0.39, 0.29) is 11.5 Å². The Bertz CT molecular complexity index is 556. The van der Waals surface area contributed by atoms with E-state index in [1.165, 1.54) is 6.07 Å². The summed E-state index contributed by atoms with van der Waals surface area (Å²) in [7, 11) is 0. The van der Waals surface area contributed by atoms with Gasteiger partial charge in [0.15, 0.2) is 5.75 Å². The number of morpholine rings is 1. The van der Waals surface area contributed by atoms with Gasteiger partial charge in [0.05, 0.1) is 23.7 Å². The Balaban J connectivity index is 2.29. The molecule has 1 fully saturated rings. The third-order valence-electron chi connectivity index (χ3n) is 3.31. The van der Waals surface area contributed by atoms with Crippen LogP contribution in [0.5, 0.6) is 5.75 Å². The van der Waals surface area contributed by atoms with Crippen LogP contribution in [0.25, 0.3) is 0 Å². The summed E-state index contributed by atoms with van der Waals surface area (Å²) in [5.41, 5.74) is -0.641. The van der Waals surface area contributed by atoms with Crippen molar-refractivity contribution in [1.29, 1.82) is 0 Å². The quantitative estimate of drug-likeness (QED) is 0.655. The summed E-state index contributed by atoms with van der Waals surface area (Å²) in [6.45, 7) is 5.10. The lowest BCUT2D eigenvalue weighted by molar-refractivity contribution is -0.385. The molecule has 0 saturated carbocycles. The molecule has 7 nitrogen and oxygen atoms in total. The van der Waals surface area contributed by atoms with Gasteiger partial charge in [-0.1, -0.05) is 0 Å². The molecule has 0 bridgehead atoms. The highest BCUT2D eigenvalue weighted by Gasteiger charge is 2.35. The molecule has 1 aromatic carbocycles. The first-order chi connectivity index (χ1) is 9.33. The van der Waals surface area contributed by atoms with Crippen molar-refractivity contribution in [2.75, 3.05) is 19.8 Å². The summed E-state index contributed by atoms with van der Waals surface area (Å²) in [5.74, 6) is -0.782. The lowest BCUT2D eigenvalue weighted by Gasteiger charge is -2.42. The fourth-order valence-corrected chi connectivity index (χ4v) is 2.20. The van der Waals surface area contributed by atoms with E-state index in [1.54, 1.807) is 4.90 Å². The Morgan fingerprint density at radius 2 is 2.20 bits per heavy atom. The van der Waals surface area contributed by atoms with Crippen LogP contribution in [0.15, 0.2) is 18.2 Å². The summed E-state index contributed by atoms with van der Waals surface area (Å²) in [5, 5.41) is 20.2. The minimum atomic E-state index is -0.692. The maximum absolute atomic E-state index is 12.4. The molecule has 1 amide bonds. The number of phenolic OH excluding ortho intramolecular Hbond substituents is 1. The normalized spacial score (nSPS) is 17.8. The maximum atomic E-state index is 12.4. The number of ether oxygens (including phenoxy) is 1. The summed E-state index contributed by atoms with van der Waals surface area (Å²) in [6, 6.07) is 3.62. The van der Waals surface area contributed by atoms with Crippen molar-refractivity contribution in [3.05, 3.63) is 33.9 Å². The third-order valence-corrected chi connectivity index (χ3v) is 3.31. The molecule has 1 aliphatic heterocycles. The summed E-state index contributed by atoms with van der Waals surface area (Å²) in [6.07, 6.45) is 0. The van der Waals surface area contributed by atoms with Crippen molar-refractivity contribution >= 4 is 11.6 Å². The Hall–Kier alpha value is -2.15. The van der Waals surface area contributed by atoms with E-state index in [0.717, 1.165) is 12.1 Å². The smallest absolute Gasteiger partial charge is 0.310 e. The van der Waals surface area contributed by atoms with E-state index >= 15 is 0 Å². The van der Waals surface area contributed by atoms with Crippen LogP contribution < -0.4 is 0 Å². The van der Waals surface area contributed by atoms with E-state index in [9.17, 15) is 20.0 Å². The molecule has 1 saturated heterocycles. The van der Waals surface area contributed by atoms with Gasteiger partial charge < -0.3 is 14.7 Å². The number of hydrogen-bond donors (Lipinski definition) is 1. The topological polar surface area (TPSA) is 92.9 Å². The summed E-state index contributed by atoms with van der Waals surface area (Å²) in [4.78, 5) is 24.0. The van der Waals surface area contributed by atoms with Crippen LogP contribution in [0, 0.1) is 10.1 Å². The zero-order valence-electron chi connectivity index (χ0n) is 11.3. The number of nitro groups is 1. The number of nitro benzene ring substituents is 1. The van der Waals surface area contributed by atoms with Crippen LogP contribution in [-0.4, -0.2) is 46.1 Å². The van der Waals surface area contributed by atoms with E-state index in [2.05, 4.69) is 0 Å². The van der Waals surface area contributed by atoms with Crippen molar-refractivity contribution < 1.29 is 19.6 Å². The first kappa shape index (κ1) is 14.3. The molecule has 2 rings (SSSR count). The second-order valence-electron chi connectivity index (χ2n) is 5.28. The Morgan fingerprint density at radius 1 is 1.50 bits per heavy atom. The maximum Gasteiger partial charge on any atom is 0.310 e. The fraction of sp³-hybridized carbons (Fsp3) is 0.462. The van der Waals surface area contributed by atoms with Crippen LogP contribution in [-0.2, 0) is 4.74 Å². The Kier molecular flexibility index (Phi) is 3.63. The highest BCUT2D eigenvalue weighted by Crippen LogP contribution is 2.28. The van der Waals surface area contributed by atoms with E-state index in [1.807, 2.05) is 13.8 Å². The highest BCUT2D eigenvalue weighted by atomic mass is 16.6. The van der Waals surface area contributed by atoms with E-state index in [4.69, 9.17) is 4.74 Å². The third kappa shape index (κ3) is 2.57. The molecule has 0 spiro atoms. The largest absolute Gasteiger partial charge is 0.502 e. The zero-order chi connectivity index (χ0) is 14.9. The molecule has 20 heavy (non-hydrogen) atoms. The molecular weight excluding hydrogens is 264 g/mol. The average molecular weight is 280 g/mol. The van der Waals surface area contributed by atoms with Crippen LogP contribution in [0.1, 0.15) is 24.2 Å². The fourth-order valence-electron chi connectivity index (χ4n) is 2.20. The standard InChI is InChI=1S/C13H16N2O5/c1-13(2)8-20-6-5-14(13)12(17)9-3-4-10(15(18)19)11(16)7-9/h3-4,7,16H,5-6,8H2,1-2H3. The predicted octanol–water partition coefficient (Wildman–Crippen LogP) is 1.55. The van der Waals surface area contributed by atoms with Crippen LogP contribution in [0.2, 0.25) is 0 Å². The molecule has 1 aliphatic rings. The average Bonchev–Trinajstić information content (AvgIpc) is 2.37. The first-order valence-electron chi connectivity index (χ1n) is 6.20. The van der Waals surface area contributed by atoms with Gasteiger partial charge in [0.1, 0.15) is 0 Å². The van der Waals surface area contributed by atoms with Crippen LogP contribution in [0.3, 0.4) is 0 Å². The number of benzene rings is 1. The van der Waals surface area contributed by atoms with Crippen molar-refractivity contribution in [3.63, 3.8) is 0 Å². The zero-order valence-corrected chi connectivity index (χ0v) is 11.3. The van der Waals surface area contributed by atoms with Gasteiger partial charge in [0, 0.05) is 18.2 Å². The van der Waals surface area contributed by atoms with Crippen molar-refractivity contribution in [1.82, 2.24) is 4.90 Å². The molecule has 108 valence electrons. The second-order valence-corrected chi connectivity index (χ2v) is 5.28. The van der Waals surface area contributed by atoms with Crippen molar-refractivity contribution in [2.45, 2.75) is 19.4 Å². The summed E-state index contributed by atoms with van der Waals surface area (Å²) >= 11 is 0. The SMILES string of the molecule is CC1(C)COCCN1C(=O)c1ccc([N+](=O)[O-])c(O)c1. The van der Waals surface area contributed by atoms with Crippen molar-refractivity contribution in [2.24, 2.45) is 0 Å². The van der Waals surface area contributed by atoms with Crippen molar-refractivity contribution in [3.8, 4) is 5.75 Å². The molecule has 0 atom stereocenters. The van der Waals surface area contributed by atoms with E-state index in [0.29, 0.717) is 19.8 Å². The molecular formula is C13H16N2O5. The van der Waals surface area contributed by atoms with Gasteiger partial charge in [-0.25, -0.2) is 0 Å². The minimum Gasteiger partial charge on any atom is -0.502 e. The van der Waals surface area contributed by atoms with Crippen LogP contribution >= 0.6 is 0 Å². The lowest BCUT2D eigenvalue weighted by Crippen LogP contribution is -2.55. The molecule has 0 radical (unpaired) electrons. The summed E-state index contributed by atoms with van der Waals surface area (Å²) < 4.78 is 5.34. The van der Waals surface area contributed by atoms with Crippen LogP contribution in [0.4, 0.5) is 5.69 Å². The Morgan fingerprint density at radius 3 is 2.75 bits per heavy atom. The number of phenols is 1. The van der Waals surface area contributed by atoms with Gasteiger partial charge >= 0.3 is 5.69 Å². The molecule has 7 heteroatoms. The Labute approximate surface area is 115 Å². The monoisotopic (exact) mass is 280 g/mol. The highest BCUT2D eigenvalue weighted by molar-refractivity contribution is 5.95. The molecule has 0 aliphatic carbocycles. The van der Waals surface area contributed by atoms with E-state index < -0.39 is 21.9 Å². The predicted molar refractivity (Wildman–Crippen MR) is 70.7 cm³/mol. The number of nitrogens with zero attached hydrogens (tertiary/aromatic N) is 2. The minimum absolute atomic E-state index is 0.225. The van der Waals surface area contributed by atoms with Gasteiger partial charge in [0.25, 0.3) is 5.91 Å². The number of rotatable bonds is 2. The van der Waals surface area contributed by atoms with Gasteiger partial charge in [-0.2, -0.15) is 0 Å². The van der Waals surface area contributed by atoms with Gasteiger partial charge in [-0.05, 0) is 26.0 Å². The number of carbonyl (C=O) groups excluding carboxylic acids is 1. The first-order valence-corrected chi connectivity index (χ1v) is 6.20. The second kappa shape index (κ2) is 5.09. The molecule has 1 N–H and O–H groups in total. The van der Waals surface area contributed by atoms with Gasteiger partial charge in [-0.3, -0.25) is 14.9 Å². The molecule has 0 unspecified atom stereocenters. The molecule has 1 aromatic rings. The number of aromatic hydroxyl groups is 1. The lowest BCUT2D eigenvalue weighted by atomic mass is 10.0. The molecule has 0 aromatic heterocycles. The van der Waals surface area contributed by atoms with Gasteiger partial charge in [-0.15, -0.1) is 0 Å². The van der Waals surface area contributed by atoms with Gasteiger partial charge in [0.2, 0.25) is 0 Å². The number of hydrogen-bond acceptors (Lipinski definition) is 5. The number of amides is 1.